The molecule has 0 aromatic heterocycles. The minimum Gasteiger partial charge on any atom is -0.490 e. The van der Waals surface area contributed by atoms with Crippen molar-refractivity contribution in [3.63, 3.8) is 0 Å². The van der Waals surface area contributed by atoms with Crippen LogP contribution in [-0.4, -0.2) is 20.3 Å². The summed E-state index contributed by atoms with van der Waals surface area (Å²) in [5.74, 6) is 1.66. The van der Waals surface area contributed by atoms with Crippen molar-refractivity contribution in [3.05, 3.63) is 23.8 Å². The fraction of sp³-hybridized carbons (Fsp3) is 0.500. The van der Waals surface area contributed by atoms with Crippen LogP contribution in [0.3, 0.4) is 0 Å². The summed E-state index contributed by atoms with van der Waals surface area (Å²) < 4.78 is 16.4. The van der Waals surface area contributed by atoms with Crippen LogP contribution in [0.4, 0.5) is 0 Å². The molecule has 0 aliphatic carbocycles. The lowest BCUT2D eigenvalue weighted by Gasteiger charge is -2.13. The Morgan fingerprint density at radius 3 is 2.67 bits per heavy atom. The largest absolute Gasteiger partial charge is 0.490 e. The quantitative estimate of drug-likeness (QED) is 0.747. The summed E-state index contributed by atoms with van der Waals surface area (Å²) >= 11 is 0. The molecule has 1 aliphatic rings. The third-order valence-electron chi connectivity index (χ3n) is 2.59. The highest BCUT2D eigenvalue weighted by Crippen LogP contribution is 2.32. The third-order valence-corrected chi connectivity index (χ3v) is 2.59. The summed E-state index contributed by atoms with van der Waals surface area (Å²) in [6.45, 7) is 3.46. The Balaban J connectivity index is 2.27. The van der Waals surface area contributed by atoms with E-state index in [4.69, 9.17) is 14.2 Å². The Morgan fingerprint density at radius 1 is 1.20 bits per heavy atom. The lowest BCUT2D eigenvalue weighted by atomic mass is 10.1. The van der Waals surface area contributed by atoms with Crippen molar-refractivity contribution in [2.75, 3.05) is 20.3 Å². The second-order valence-corrected chi connectivity index (χ2v) is 3.63. The molecule has 3 heteroatoms. The lowest BCUT2D eigenvalue weighted by Crippen LogP contribution is -1.98. The molecule has 0 bridgehead atoms. The van der Waals surface area contributed by atoms with E-state index < -0.39 is 0 Å². The van der Waals surface area contributed by atoms with Crippen LogP contribution in [0.1, 0.15) is 25.0 Å². The van der Waals surface area contributed by atoms with Gasteiger partial charge in [0.05, 0.1) is 19.3 Å². The average molecular weight is 208 g/mol. The highest BCUT2D eigenvalue weighted by Gasteiger charge is 2.12. The van der Waals surface area contributed by atoms with Gasteiger partial charge in [-0.3, -0.25) is 0 Å². The molecule has 1 aromatic carbocycles. The van der Waals surface area contributed by atoms with Crippen LogP contribution >= 0.6 is 0 Å². The van der Waals surface area contributed by atoms with Crippen molar-refractivity contribution in [3.8, 4) is 11.5 Å². The molecule has 1 atom stereocenters. The van der Waals surface area contributed by atoms with E-state index in [1.165, 1.54) is 0 Å². The van der Waals surface area contributed by atoms with Crippen molar-refractivity contribution < 1.29 is 14.2 Å². The molecule has 1 unspecified atom stereocenters. The third kappa shape index (κ3) is 2.23. The van der Waals surface area contributed by atoms with Crippen molar-refractivity contribution in [1.82, 2.24) is 0 Å². The first kappa shape index (κ1) is 10.3. The molecule has 0 spiro atoms. The maximum Gasteiger partial charge on any atom is 0.161 e. The normalized spacial score (nSPS) is 16.9. The van der Waals surface area contributed by atoms with Gasteiger partial charge in [-0.15, -0.1) is 0 Å². The number of rotatable bonds is 2. The fourth-order valence-electron chi connectivity index (χ4n) is 1.57. The molecule has 0 radical (unpaired) electrons. The van der Waals surface area contributed by atoms with Crippen LogP contribution in [0.25, 0.3) is 0 Å². The molecule has 1 heterocycles. The molecule has 2 rings (SSSR count). The molecule has 3 nitrogen and oxygen atoms in total. The zero-order valence-corrected chi connectivity index (χ0v) is 9.16. The second kappa shape index (κ2) is 4.53. The van der Waals surface area contributed by atoms with Crippen molar-refractivity contribution in [2.24, 2.45) is 0 Å². The Bertz CT molecular complexity index is 336. The zero-order valence-electron chi connectivity index (χ0n) is 9.16. The Labute approximate surface area is 90.0 Å². The number of ether oxygens (including phenoxy) is 3. The molecule has 0 fully saturated rings. The van der Waals surface area contributed by atoms with Gasteiger partial charge in [0, 0.05) is 13.5 Å². The van der Waals surface area contributed by atoms with E-state index in [9.17, 15) is 0 Å². The van der Waals surface area contributed by atoms with E-state index in [-0.39, 0.29) is 6.10 Å². The Morgan fingerprint density at radius 2 is 1.93 bits per heavy atom. The molecule has 0 N–H and O–H groups in total. The first-order valence-corrected chi connectivity index (χ1v) is 5.23. The smallest absolute Gasteiger partial charge is 0.161 e. The molecule has 1 aliphatic heterocycles. The van der Waals surface area contributed by atoms with Crippen LogP contribution in [0.15, 0.2) is 18.2 Å². The standard InChI is InChI=1S/C12H16O3/c1-9(13-2)10-4-5-11-12(8-10)15-7-3-6-14-11/h4-5,8-9H,3,6-7H2,1-2H3. The highest BCUT2D eigenvalue weighted by atomic mass is 16.5. The average Bonchev–Trinajstić information content (AvgIpc) is 2.51. The summed E-state index contributed by atoms with van der Waals surface area (Å²) in [7, 11) is 1.70. The van der Waals surface area contributed by atoms with E-state index in [1.54, 1.807) is 7.11 Å². The van der Waals surface area contributed by atoms with Crippen LogP contribution in [0.5, 0.6) is 11.5 Å². The van der Waals surface area contributed by atoms with Crippen LogP contribution in [0, 0.1) is 0 Å². The predicted octanol–water partition coefficient (Wildman–Crippen LogP) is 2.56. The van der Waals surface area contributed by atoms with E-state index in [2.05, 4.69) is 0 Å². The summed E-state index contributed by atoms with van der Waals surface area (Å²) in [5.41, 5.74) is 1.11. The van der Waals surface area contributed by atoms with Gasteiger partial charge >= 0.3 is 0 Å². The monoisotopic (exact) mass is 208 g/mol. The van der Waals surface area contributed by atoms with E-state index in [0.29, 0.717) is 0 Å². The fourth-order valence-corrected chi connectivity index (χ4v) is 1.57. The summed E-state index contributed by atoms with van der Waals surface area (Å²) in [6.07, 6.45) is 1.02. The van der Waals surface area contributed by atoms with Gasteiger partial charge in [-0.05, 0) is 24.6 Å². The zero-order chi connectivity index (χ0) is 10.7. The number of hydrogen-bond donors (Lipinski definition) is 0. The van der Waals surface area contributed by atoms with Gasteiger partial charge in [0.2, 0.25) is 0 Å². The first-order valence-electron chi connectivity index (χ1n) is 5.23. The number of fused-ring (bicyclic) bond motifs is 1. The predicted molar refractivity (Wildman–Crippen MR) is 57.5 cm³/mol. The van der Waals surface area contributed by atoms with Gasteiger partial charge in [-0.25, -0.2) is 0 Å². The van der Waals surface area contributed by atoms with Crippen LogP contribution < -0.4 is 9.47 Å². The Kier molecular flexibility index (Phi) is 3.11. The van der Waals surface area contributed by atoms with Crippen molar-refractivity contribution in [2.45, 2.75) is 19.4 Å². The van der Waals surface area contributed by atoms with Crippen LogP contribution in [0.2, 0.25) is 0 Å². The minimum absolute atomic E-state index is 0.0853. The van der Waals surface area contributed by atoms with Gasteiger partial charge < -0.3 is 14.2 Å². The van der Waals surface area contributed by atoms with E-state index in [1.807, 2.05) is 25.1 Å². The first-order chi connectivity index (χ1) is 7.31. The van der Waals surface area contributed by atoms with Crippen molar-refractivity contribution >= 4 is 0 Å². The van der Waals surface area contributed by atoms with Gasteiger partial charge in [0.25, 0.3) is 0 Å². The highest BCUT2D eigenvalue weighted by molar-refractivity contribution is 5.43. The van der Waals surface area contributed by atoms with Gasteiger partial charge in [-0.2, -0.15) is 0 Å². The summed E-state index contributed by atoms with van der Waals surface area (Å²) in [6, 6.07) is 5.96. The van der Waals surface area contributed by atoms with E-state index >= 15 is 0 Å². The number of methoxy groups -OCH3 is 1. The molecular weight excluding hydrogens is 192 g/mol. The number of hydrogen-bond acceptors (Lipinski definition) is 3. The van der Waals surface area contributed by atoms with Gasteiger partial charge in [-0.1, -0.05) is 6.07 Å². The molecule has 15 heavy (non-hydrogen) atoms. The molecule has 0 amide bonds. The minimum atomic E-state index is 0.0853. The maximum absolute atomic E-state index is 5.60. The van der Waals surface area contributed by atoms with Crippen LogP contribution in [-0.2, 0) is 4.74 Å². The van der Waals surface area contributed by atoms with E-state index in [0.717, 1.165) is 36.7 Å². The topological polar surface area (TPSA) is 27.7 Å². The lowest BCUT2D eigenvalue weighted by molar-refractivity contribution is 0.119. The maximum atomic E-state index is 5.60. The second-order valence-electron chi connectivity index (χ2n) is 3.63. The summed E-state index contributed by atoms with van der Waals surface area (Å²) in [5, 5.41) is 0. The SMILES string of the molecule is COC(C)c1ccc2c(c1)OCCCO2. The molecule has 1 aromatic rings. The van der Waals surface area contributed by atoms with Gasteiger partial charge in [0.1, 0.15) is 0 Å². The van der Waals surface area contributed by atoms with Crippen molar-refractivity contribution in [1.29, 1.82) is 0 Å². The summed E-state index contributed by atoms with van der Waals surface area (Å²) in [4.78, 5) is 0. The molecule has 0 saturated carbocycles. The molecular formula is C12H16O3. The van der Waals surface area contributed by atoms with Gasteiger partial charge in [0.15, 0.2) is 11.5 Å². The molecule has 82 valence electrons. The Hall–Kier alpha value is -1.22. The molecule has 0 saturated heterocycles. The number of benzene rings is 1.